The molecule has 0 saturated heterocycles. The van der Waals surface area contributed by atoms with E-state index in [9.17, 15) is 4.79 Å². The zero-order chi connectivity index (χ0) is 10.6. The highest BCUT2D eigenvalue weighted by Crippen LogP contribution is 2.26. The topological polar surface area (TPSA) is 35.5 Å². The number of methoxy groups -OCH3 is 2. The summed E-state index contributed by atoms with van der Waals surface area (Å²) in [6, 6.07) is 0. The summed E-state index contributed by atoms with van der Waals surface area (Å²) in [5, 5.41) is 0. The number of hydrogen-bond donors (Lipinski definition) is 0. The first-order valence-corrected chi connectivity index (χ1v) is 4.57. The smallest absolute Gasteiger partial charge is 0.231 e. The highest BCUT2D eigenvalue weighted by molar-refractivity contribution is 5.87. The molecule has 0 atom stereocenters. The summed E-state index contributed by atoms with van der Waals surface area (Å²) in [5.74, 6) is -1.15. The van der Waals surface area contributed by atoms with Crippen LogP contribution in [0.1, 0.15) is 27.7 Å². The predicted octanol–water partition coefficient (Wildman–Crippen LogP) is 1.86. The highest BCUT2D eigenvalue weighted by atomic mass is 16.7. The van der Waals surface area contributed by atoms with Gasteiger partial charge < -0.3 is 9.47 Å². The van der Waals surface area contributed by atoms with Crippen LogP contribution < -0.4 is 0 Å². The van der Waals surface area contributed by atoms with Crippen LogP contribution in [0.3, 0.4) is 0 Å². The van der Waals surface area contributed by atoms with Crippen LogP contribution in [0, 0.1) is 11.8 Å². The van der Waals surface area contributed by atoms with Crippen LogP contribution in [-0.4, -0.2) is 25.8 Å². The lowest BCUT2D eigenvalue weighted by Crippen LogP contribution is -2.49. The van der Waals surface area contributed by atoms with Crippen LogP contribution in [0.15, 0.2) is 0 Å². The summed E-state index contributed by atoms with van der Waals surface area (Å²) in [6.45, 7) is 7.51. The molecule has 0 radical (unpaired) electrons. The Labute approximate surface area is 80.4 Å². The molecule has 0 bridgehead atoms. The molecule has 0 fully saturated rings. The molecule has 0 aliphatic carbocycles. The van der Waals surface area contributed by atoms with Crippen LogP contribution in [-0.2, 0) is 14.3 Å². The van der Waals surface area contributed by atoms with E-state index in [4.69, 9.17) is 9.47 Å². The van der Waals surface area contributed by atoms with Crippen molar-refractivity contribution in [3.63, 3.8) is 0 Å². The molecular weight excluding hydrogens is 168 g/mol. The maximum absolute atomic E-state index is 11.8. The van der Waals surface area contributed by atoms with Crippen LogP contribution >= 0.6 is 0 Å². The molecule has 0 N–H and O–H groups in total. The zero-order valence-corrected chi connectivity index (χ0v) is 9.38. The Morgan fingerprint density at radius 2 is 1.46 bits per heavy atom. The molecule has 0 aliphatic heterocycles. The number of carbonyl (C=O) groups is 1. The van der Waals surface area contributed by atoms with E-state index in [1.165, 1.54) is 14.2 Å². The van der Waals surface area contributed by atoms with Gasteiger partial charge in [-0.2, -0.15) is 0 Å². The quantitative estimate of drug-likeness (QED) is 0.618. The minimum atomic E-state index is -1.08. The molecule has 0 aromatic heterocycles. The Hall–Kier alpha value is -0.410. The van der Waals surface area contributed by atoms with Gasteiger partial charge in [-0.3, -0.25) is 4.79 Å². The van der Waals surface area contributed by atoms with Crippen LogP contribution in [0.4, 0.5) is 0 Å². The van der Waals surface area contributed by atoms with Gasteiger partial charge in [0.15, 0.2) is 5.78 Å². The Morgan fingerprint density at radius 1 is 1.08 bits per heavy atom. The maximum atomic E-state index is 11.8. The Kier molecular flexibility index (Phi) is 4.57. The summed E-state index contributed by atoms with van der Waals surface area (Å²) in [7, 11) is 3.01. The minimum absolute atomic E-state index is 0.00694. The van der Waals surface area contributed by atoms with Gasteiger partial charge in [-0.15, -0.1) is 0 Å². The summed E-state index contributed by atoms with van der Waals surface area (Å²) in [6.07, 6.45) is 0. The predicted molar refractivity (Wildman–Crippen MR) is 51.4 cm³/mol. The zero-order valence-electron chi connectivity index (χ0n) is 9.38. The van der Waals surface area contributed by atoms with E-state index in [1.807, 2.05) is 27.7 Å². The molecule has 78 valence electrons. The fourth-order valence-electron chi connectivity index (χ4n) is 1.44. The van der Waals surface area contributed by atoms with Crippen molar-refractivity contribution in [2.24, 2.45) is 11.8 Å². The van der Waals surface area contributed by atoms with Crippen molar-refractivity contribution in [2.45, 2.75) is 33.5 Å². The summed E-state index contributed by atoms with van der Waals surface area (Å²) >= 11 is 0. The second kappa shape index (κ2) is 4.72. The van der Waals surface area contributed by atoms with Crippen LogP contribution in [0.2, 0.25) is 0 Å². The second-order valence-corrected chi connectivity index (χ2v) is 3.75. The molecule has 0 aromatic rings. The lowest BCUT2D eigenvalue weighted by Gasteiger charge is -2.34. The Morgan fingerprint density at radius 3 is 1.54 bits per heavy atom. The van der Waals surface area contributed by atoms with Gasteiger partial charge in [-0.1, -0.05) is 27.7 Å². The largest absolute Gasteiger partial charge is 0.347 e. The van der Waals surface area contributed by atoms with Gasteiger partial charge in [0, 0.05) is 26.1 Å². The van der Waals surface area contributed by atoms with Gasteiger partial charge >= 0.3 is 0 Å². The van der Waals surface area contributed by atoms with Crippen molar-refractivity contribution < 1.29 is 14.3 Å². The molecule has 0 aromatic carbocycles. The molecule has 3 heteroatoms. The first kappa shape index (κ1) is 12.6. The number of Topliss-reactive ketones (excluding diaryl/α,β-unsaturated/α-hetero) is 1. The Bertz CT molecular complexity index is 169. The van der Waals surface area contributed by atoms with Gasteiger partial charge in [0.2, 0.25) is 5.79 Å². The van der Waals surface area contributed by atoms with Gasteiger partial charge in [0.05, 0.1) is 0 Å². The monoisotopic (exact) mass is 188 g/mol. The second-order valence-electron chi connectivity index (χ2n) is 3.75. The van der Waals surface area contributed by atoms with E-state index in [0.29, 0.717) is 0 Å². The average Bonchev–Trinajstić information content (AvgIpc) is 2.06. The first-order chi connectivity index (χ1) is 5.92. The van der Waals surface area contributed by atoms with Crippen molar-refractivity contribution in [1.82, 2.24) is 0 Å². The van der Waals surface area contributed by atoms with Gasteiger partial charge in [0.25, 0.3) is 0 Å². The highest BCUT2D eigenvalue weighted by Gasteiger charge is 2.42. The fraction of sp³-hybridized carbons (Fsp3) is 0.900. The summed E-state index contributed by atoms with van der Waals surface area (Å²) < 4.78 is 10.4. The third-order valence-corrected chi connectivity index (χ3v) is 2.23. The molecular formula is C10H20O3. The molecule has 13 heavy (non-hydrogen) atoms. The van der Waals surface area contributed by atoms with E-state index in [2.05, 4.69) is 0 Å². The maximum Gasteiger partial charge on any atom is 0.231 e. The molecule has 0 heterocycles. The van der Waals surface area contributed by atoms with Crippen molar-refractivity contribution in [3.05, 3.63) is 0 Å². The van der Waals surface area contributed by atoms with E-state index < -0.39 is 5.79 Å². The van der Waals surface area contributed by atoms with Crippen LogP contribution in [0.25, 0.3) is 0 Å². The van der Waals surface area contributed by atoms with Gasteiger partial charge in [-0.05, 0) is 0 Å². The molecule has 0 aliphatic rings. The molecule has 0 rings (SSSR count). The van der Waals surface area contributed by atoms with Gasteiger partial charge in [-0.25, -0.2) is 0 Å². The number of ether oxygens (including phenoxy) is 2. The molecule has 0 amide bonds. The number of rotatable bonds is 5. The number of hydrogen-bond acceptors (Lipinski definition) is 3. The van der Waals surface area contributed by atoms with E-state index in [1.54, 1.807) is 0 Å². The fourth-order valence-corrected chi connectivity index (χ4v) is 1.44. The van der Waals surface area contributed by atoms with Crippen molar-refractivity contribution in [1.29, 1.82) is 0 Å². The summed E-state index contributed by atoms with van der Waals surface area (Å²) in [5.41, 5.74) is 0. The lowest BCUT2D eigenvalue weighted by molar-refractivity contribution is -0.228. The van der Waals surface area contributed by atoms with E-state index >= 15 is 0 Å². The first-order valence-electron chi connectivity index (χ1n) is 4.57. The normalized spacial score (nSPS) is 12.6. The molecule has 3 nitrogen and oxygen atoms in total. The lowest BCUT2D eigenvalue weighted by atomic mass is 9.91. The van der Waals surface area contributed by atoms with Crippen LogP contribution in [0.5, 0.6) is 0 Å². The minimum Gasteiger partial charge on any atom is -0.347 e. The van der Waals surface area contributed by atoms with Crippen molar-refractivity contribution in [2.75, 3.05) is 14.2 Å². The van der Waals surface area contributed by atoms with E-state index in [-0.39, 0.29) is 17.6 Å². The van der Waals surface area contributed by atoms with Crippen molar-refractivity contribution in [3.8, 4) is 0 Å². The third kappa shape index (κ3) is 2.29. The molecule has 0 unspecified atom stereocenters. The standard InChI is InChI=1S/C10H20O3/c1-7(2)9(11)10(12-5,13-6)8(3)4/h7-8H,1-6H3. The average molecular weight is 188 g/mol. The molecule has 0 spiro atoms. The summed E-state index contributed by atoms with van der Waals surface area (Å²) in [4.78, 5) is 11.8. The Balaban J connectivity index is 4.87. The SMILES string of the molecule is COC(OC)(C(=O)C(C)C)C(C)C. The molecule has 0 saturated carbocycles. The third-order valence-electron chi connectivity index (χ3n) is 2.23. The number of ketones is 1. The van der Waals surface area contributed by atoms with Crippen molar-refractivity contribution >= 4 is 5.78 Å². The van der Waals surface area contributed by atoms with E-state index in [0.717, 1.165) is 0 Å². The number of carbonyl (C=O) groups excluding carboxylic acids is 1. The van der Waals surface area contributed by atoms with Gasteiger partial charge in [0.1, 0.15) is 0 Å².